The standard InChI is InChI=1S/C16H20OSi/c1-12(2)13-10-11-16(17-18(3,4)5)15-9-7-6-8-14(13)15/h6-11H,1H2,2-5H3. The Hall–Kier alpha value is -1.54. The maximum atomic E-state index is 6.16. The van der Waals surface area contributed by atoms with Gasteiger partial charge in [0.15, 0.2) is 0 Å². The zero-order valence-corrected chi connectivity index (χ0v) is 12.6. The molecule has 0 spiro atoms. The highest BCUT2D eigenvalue weighted by Gasteiger charge is 2.18. The summed E-state index contributed by atoms with van der Waals surface area (Å²) in [7, 11) is -1.58. The van der Waals surface area contributed by atoms with Crippen LogP contribution in [0.2, 0.25) is 19.6 Å². The summed E-state index contributed by atoms with van der Waals surface area (Å²) in [6, 6.07) is 12.6. The van der Waals surface area contributed by atoms with Gasteiger partial charge in [-0.2, -0.15) is 0 Å². The Morgan fingerprint density at radius 2 is 1.61 bits per heavy atom. The summed E-state index contributed by atoms with van der Waals surface area (Å²) in [6.07, 6.45) is 0. The van der Waals surface area contributed by atoms with E-state index in [1.54, 1.807) is 0 Å². The van der Waals surface area contributed by atoms with E-state index in [0.717, 1.165) is 11.3 Å². The Bertz CT molecular complexity index is 594. The first-order chi connectivity index (χ1) is 8.38. The Kier molecular flexibility index (Phi) is 3.31. The van der Waals surface area contributed by atoms with Gasteiger partial charge in [-0.1, -0.05) is 42.5 Å². The van der Waals surface area contributed by atoms with Gasteiger partial charge in [-0.25, -0.2) is 0 Å². The maximum absolute atomic E-state index is 6.16. The van der Waals surface area contributed by atoms with E-state index in [9.17, 15) is 0 Å². The lowest BCUT2D eigenvalue weighted by Gasteiger charge is -2.21. The van der Waals surface area contributed by atoms with Crippen LogP contribution in [0.4, 0.5) is 0 Å². The van der Waals surface area contributed by atoms with Gasteiger partial charge in [0.05, 0.1) is 0 Å². The van der Waals surface area contributed by atoms with Crippen molar-refractivity contribution in [3.8, 4) is 5.75 Å². The molecular formula is C16H20OSi. The molecule has 0 fully saturated rings. The Balaban J connectivity index is 2.65. The molecule has 1 nitrogen and oxygen atoms in total. The maximum Gasteiger partial charge on any atom is 0.242 e. The first-order valence-electron chi connectivity index (χ1n) is 6.25. The van der Waals surface area contributed by atoms with E-state index in [1.807, 2.05) is 6.92 Å². The SMILES string of the molecule is C=C(C)c1ccc(O[Si](C)(C)C)c2ccccc12. The van der Waals surface area contributed by atoms with Crippen molar-refractivity contribution in [1.29, 1.82) is 0 Å². The van der Waals surface area contributed by atoms with E-state index in [0.29, 0.717) is 0 Å². The first-order valence-corrected chi connectivity index (χ1v) is 9.66. The monoisotopic (exact) mass is 256 g/mol. The van der Waals surface area contributed by atoms with Crippen molar-refractivity contribution in [1.82, 2.24) is 0 Å². The van der Waals surface area contributed by atoms with Crippen LogP contribution in [0.5, 0.6) is 5.75 Å². The molecule has 18 heavy (non-hydrogen) atoms. The van der Waals surface area contributed by atoms with Gasteiger partial charge in [0.2, 0.25) is 8.32 Å². The molecule has 0 N–H and O–H groups in total. The molecule has 2 aromatic rings. The molecule has 0 radical (unpaired) electrons. The number of benzene rings is 2. The fourth-order valence-corrected chi connectivity index (χ4v) is 2.90. The van der Waals surface area contributed by atoms with Crippen molar-refractivity contribution in [2.24, 2.45) is 0 Å². The Labute approximate surface area is 110 Å². The molecule has 0 bridgehead atoms. The van der Waals surface area contributed by atoms with Crippen LogP contribution >= 0.6 is 0 Å². The minimum atomic E-state index is -1.58. The van der Waals surface area contributed by atoms with Crippen LogP contribution in [0, 0.1) is 0 Å². The second-order valence-corrected chi connectivity index (χ2v) is 10.1. The van der Waals surface area contributed by atoms with Gasteiger partial charge in [-0.3, -0.25) is 0 Å². The van der Waals surface area contributed by atoms with Crippen LogP contribution in [-0.2, 0) is 0 Å². The minimum absolute atomic E-state index is 0.995. The lowest BCUT2D eigenvalue weighted by molar-refractivity contribution is 0.564. The second-order valence-electron chi connectivity index (χ2n) is 5.65. The lowest BCUT2D eigenvalue weighted by atomic mass is 9.99. The van der Waals surface area contributed by atoms with E-state index in [1.165, 1.54) is 16.3 Å². The lowest BCUT2D eigenvalue weighted by Crippen LogP contribution is -2.29. The van der Waals surface area contributed by atoms with E-state index in [4.69, 9.17) is 4.43 Å². The molecule has 0 saturated carbocycles. The Morgan fingerprint density at radius 3 is 2.17 bits per heavy atom. The highest BCUT2D eigenvalue weighted by molar-refractivity contribution is 6.70. The summed E-state index contributed by atoms with van der Waals surface area (Å²) < 4.78 is 6.16. The van der Waals surface area contributed by atoms with Crippen LogP contribution in [0.15, 0.2) is 43.0 Å². The molecule has 0 unspecified atom stereocenters. The van der Waals surface area contributed by atoms with Crippen molar-refractivity contribution in [2.75, 3.05) is 0 Å². The average molecular weight is 256 g/mol. The fraction of sp³-hybridized carbons (Fsp3) is 0.250. The second kappa shape index (κ2) is 4.62. The van der Waals surface area contributed by atoms with E-state index < -0.39 is 8.32 Å². The molecule has 0 amide bonds. The van der Waals surface area contributed by atoms with Crippen molar-refractivity contribution >= 4 is 24.7 Å². The fourth-order valence-electron chi connectivity index (χ4n) is 2.06. The smallest absolute Gasteiger partial charge is 0.242 e. The molecule has 94 valence electrons. The van der Waals surface area contributed by atoms with Crippen molar-refractivity contribution in [3.05, 3.63) is 48.5 Å². The predicted molar refractivity (Wildman–Crippen MR) is 82.6 cm³/mol. The first kappa shape index (κ1) is 12.9. The number of hydrogen-bond donors (Lipinski definition) is 0. The molecule has 0 aliphatic carbocycles. The molecule has 2 rings (SSSR count). The summed E-state index contributed by atoms with van der Waals surface area (Å²) in [4.78, 5) is 0. The normalized spacial score (nSPS) is 11.6. The molecule has 0 aliphatic rings. The summed E-state index contributed by atoms with van der Waals surface area (Å²) in [5, 5.41) is 2.40. The van der Waals surface area contributed by atoms with E-state index >= 15 is 0 Å². The Morgan fingerprint density at radius 1 is 1.00 bits per heavy atom. The van der Waals surface area contributed by atoms with Gasteiger partial charge in [0.25, 0.3) is 0 Å². The van der Waals surface area contributed by atoms with Crippen LogP contribution < -0.4 is 4.43 Å². The van der Waals surface area contributed by atoms with Crippen LogP contribution in [0.3, 0.4) is 0 Å². The summed E-state index contributed by atoms with van der Waals surface area (Å²) >= 11 is 0. The van der Waals surface area contributed by atoms with Crippen LogP contribution in [0.1, 0.15) is 12.5 Å². The van der Waals surface area contributed by atoms with Gasteiger partial charge in [0, 0.05) is 5.39 Å². The third-order valence-corrected chi connectivity index (χ3v) is 3.59. The molecule has 0 heterocycles. The van der Waals surface area contributed by atoms with E-state index in [2.05, 4.69) is 62.6 Å². The molecule has 0 aliphatic heterocycles. The zero-order chi connectivity index (χ0) is 13.3. The number of rotatable bonds is 3. The highest BCUT2D eigenvalue weighted by Crippen LogP contribution is 2.32. The summed E-state index contributed by atoms with van der Waals surface area (Å²) in [5.41, 5.74) is 2.29. The number of hydrogen-bond acceptors (Lipinski definition) is 1. The predicted octanol–water partition coefficient (Wildman–Crippen LogP) is 5.09. The quantitative estimate of drug-likeness (QED) is 0.695. The summed E-state index contributed by atoms with van der Waals surface area (Å²) in [5.74, 6) is 0.995. The van der Waals surface area contributed by atoms with Crippen LogP contribution in [0.25, 0.3) is 16.3 Å². The van der Waals surface area contributed by atoms with Gasteiger partial charge in [0.1, 0.15) is 5.75 Å². The summed E-state index contributed by atoms with van der Waals surface area (Å²) in [6.45, 7) is 12.7. The van der Waals surface area contributed by atoms with Gasteiger partial charge < -0.3 is 4.43 Å². The topological polar surface area (TPSA) is 9.23 Å². The zero-order valence-electron chi connectivity index (χ0n) is 11.6. The highest BCUT2D eigenvalue weighted by atomic mass is 28.4. The molecule has 0 aromatic heterocycles. The minimum Gasteiger partial charge on any atom is -0.544 e. The molecular weight excluding hydrogens is 236 g/mol. The number of allylic oxidation sites excluding steroid dienone is 1. The van der Waals surface area contributed by atoms with Crippen molar-refractivity contribution < 1.29 is 4.43 Å². The van der Waals surface area contributed by atoms with Crippen molar-refractivity contribution in [3.63, 3.8) is 0 Å². The third kappa shape index (κ3) is 2.65. The van der Waals surface area contributed by atoms with Gasteiger partial charge >= 0.3 is 0 Å². The molecule has 2 aromatic carbocycles. The number of fused-ring (bicyclic) bond motifs is 1. The van der Waals surface area contributed by atoms with Gasteiger partial charge in [-0.05, 0) is 43.6 Å². The van der Waals surface area contributed by atoms with Crippen LogP contribution in [-0.4, -0.2) is 8.32 Å². The van der Waals surface area contributed by atoms with Crippen molar-refractivity contribution in [2.45, 2.75) is 26.6 Å². The average Bonchev–Trinajstić information content (AvgIpc) is 2.27. The molecule has 0 atom stereocenters. The molecule has 2 heteroatoms. The molecule has 0 saturated heterocycles. The van der Waals surface area contributed by atoms with Gasteiger partial charge in [-0.15, -0.1) is 0 Å². The van der Waals surface area contributed by atoms with E-state index in [-0.39, 0.29) is 0 Å². The largest absolute Gasteiger partial charge is 0.544 e. The third-order valence-electron chi connectivity index (χ3n) is 2.76.